The fraction of sp³-hybridized carbons (Fsp3) is 0.120. The predicted molar refractivity (Wildman–Crippen MR) is 110 cm³/mol. The van der Waals surface area contributed by atoms with Gasteiger partial charge in [-0.2, -0.15) is 0 Å². The van der Waals surface area contributed by atoms with Crippen molar-refractivity contribution in [1.82, 2.24) is 9.97 Å². The summed E-state index contributed by atoms with van der Waals surface area (Å²) in [7, 11) is 0. The minimum absolute atomic E-state index is 0.820. The molecule has 1 aliphatic rings. The fourth-order valence-corrected chi connectivity index (χ4v) is 3.90. The van der Waals surface area contributed by atoms with E-state index in [1.807, 2.05) is 12.3 Å². The topological polar surface area (TPSA) is 25.8 Å². The summed E-state index contributed by atoms with van der Waals surface area (Å²) < 4.78 is 0. The molecule has 0 amide bonds. The van der Waals surface area contributed by atoms with E-state index in [4.69, 9.17) is 4.98 Å². The highest BCUT2D eigenvalue weighted by Gasteiger charge is 2.21. The Kier molecular flexibility index (Phi) is 4.02. The molecule has 0 saturated heterocycles. The van der Waals surface area contributed by atoms with Crippen molar-refractivity contribution in [2.45, 2.75) is 19.3 Å². The van der Waals surface area contributed by atoms with Gasteiger partial charge in [0.05, 0.1) is 17.1 Å². The average Bonchev–Trinajstić information content (AvgIpc) is 2.74. The molecule has 0 radical (unpaired) electrons. The van der Waals surface area contributed by atoms with E-state index in [9.17, 15) is 0 Å². The van der Waals surface area contributed by atoms with Gasteiger partial charge in [0.2, 0.25) is 0 Å². The Morgan fingerprint density at radius 2 is 1.44 bits per heavy atom. The molecule has 5 rings (SSSR count). The van der Waals surface area contributed by atoms with Gasteiger partial charge < -0.3 is 0 Å². The van der Waals surface area contributed by atoms with Crippen LogP contribution in [0.3, 0.4) is 0 Å². The molecule has 0 bridgehead atoms. The number of nitrogens with zero attached hydrogens (tertiary/aromatic N) is 2. The third-order valence-corrected chi connectivity index (χ3v) is 5.26. The summed E-state index contributed by atoms with van der Waals surface area (Å²) in [6.45, 7) is 0. The highest BCUT2D eigenvalue weighted by atomic mass is 14.8. The van der Waals surface area contributed by atoms with Crippen molar-refractivity contribution >= 4 is 0 Å². The molecule has 2 aromatic heterocycles. The van der Waals surface area contributed by atoms with Crippen LogP contribution in [0.5, 0.6) is 0 Å². The minimum Gasteiger partial charge on any atom is -0.254 e. The van der Waals surface area contributed by atoms with E-state index in [-0.39, 0.29) is 0 Å². The quantitative estimate of drug-likeness (QED) is 0.488. The molecule has 0 aliphatic heterocycles. The van der Waals surface area contributed by atoms with Crippen molar-refractivity contribution in [1.29, 1.82) is 0 Å². The Hall–Kier alpha value is -3.26. The van der Waals surface area contributed by atoms with Crippen molar-refractivity contribution in [2.75, 3.05) is 0 Å². The molecule has 2 heteroatoms. The molecule has 0 unspecified atom stereocenters. The maximum absolute atomic E-state index is 5.16. The summed E-state index contributed by atoms with van der Waals surface area (Å²) in [4.78, 5) is 9.81. The normalized spacial score (nSPS) is 12.3. The van der Waals surface area contributed by atoms with Gasteiger partial charge >= 0.3 is 0 Å². The second-order valence-electron chi connectivity index (χ2n) is 7.03. The van der Waals surface area contributed by atoms with Gasteiger partial charge in [-0.15, -0.1) is 0 Å². The van der Waals surface area contributed by atoms with Gasteiger partial charge in [0.15, 0.2) is 0 Å². The summed E-state index contributed by atoms with van der Waals surface area (Å²) in [6, 6.07) is 27.7. The first-order valence-electron chi connectivity index (χ1n) is 9.45. The second kappa shape index (κ2) is 6.81. The molecule has 0 saturated carbocycles. The van der Waals surface area contributed by atoms with Crippen LogP contribution in [-0.4, -0.2) is 9.97 Å². The number of hydrogen-bond acceptors (Lipinski definition) is 2. The maximum atomic E-state index is 5.16. The van der Waals surface area contributed by atoms with Crippen LogP contribution in [0.25, 0.3) is 22.5 Å². The Morgan fingerprint density at radius 1 is 0.704 bits per heavy atom. The second-order valence-corrected chi connectivity index (χ2v) is 7.03. The lowest BCUT2D eigenvalue weighted by atomic mass is 9.89. The van der Waals surface area contributed by atoms with Crippen LogP contribution >= 0.6 is 0 Å². The van der Waals surface area contributed by atoms with E-state index >= 15 is 0 Å². The first-order valence-corrected chi connectivity index (χ1v) is 9.45. The van der Waals surface area contributed by atoms with Crippen molar-refractivity contribution < 1.29 is 0 Å². The molecule has 27 heavy (non-hydrogen) atoms. The molecular formula is C25H20N2. The van der Waals surface area contributed by atoms with Gasteiger partial charge in [0.1, 0.15) is 0 Å². The molecule has 130 valence electrons. The molecular weight excluding hydrogens is 328 g/mol. The third-order valence-electron chi connectivity index (χ3n) is 5.26. The summed E-state index contributed by atoms with van der Waals surface area (Å²) in [6.07, 6.45) is 4.74. The Balaban J connectivity index is 1.70. The summed E-state index contributed by atoms with van der Waals surface area (Å²) in [5.41, 5.74) is 9.56. The molecule has 1 aliphatic carbocycles. The van der Waals surface area contributed by atoms with Gasteiger partial charge in [-0.05, 0) is 47.2 Å². The Morgan fingerprint density at radius 3 is 2.26 bits per heavy atom. The summed E-state index contributed by atoms with van der Waals surface area (Å²) in [5.74, 6) is 0. The first-order chi connectivity index (χ1) is 13.4. The molecule has 0 fully saturated rings. The maximum Gasteiger partial charge on any atom is 0.0924 e. The van der Waals surface area contributed by atoms with Crippen LogP contribution in [-0.2, 0) is 19.3 Å². The number of benzene rings is 2. The first kappa shape index (κ1) is 16.0. The van der Waals surface area contributed by atoms with Gasteiger partial charge in [-0.25, -0.2) is 4.98 Å². The van der Waals surface area contributed by atoms with Crippen LogP contribution in [0.4, 0.5) is 0 Å². The highest BCUT2D eigenvalue weighted by molar-refractivity contribution is 5.74. The molecule has 0 atom stereocenters. The largest absolute Gasteiger partial charge is 0.254 e. The van der Waals surface area contributed by atoms with Crippen LogP contribution in [0.15, 0.2) is 85.1 Å². The number of pyridine rings is 2. The van der Waals surface area contributed by atoms with Gasteiger partial charge in [0, 0.05) is 18.2 Å². The van der Waals surface area contributed by atoms with Gasteiger partial charge in [-0.3, -0.25) is 4.98 Å². The SMILES string of the molecule is c1ccc(Cc2nc3c(cc2-c2ccccc2)CCc2cccnc2-3)cc1. The number of hydrogen-bond donors (Lipinski definition) is 0. The van der Waals surface area contributed by atoms with Crippen LogP contribution < -0.4 is 0 Å². The summed E-state index contributed by atoms with van der Waals surface area (Å²) in [5, 5.41) is 0. The lowest BCUT2D eigenvalue weighted by Crippen LogP contribution is -2.10. The predicted octanol–water partition coefficient (Wildman–Crippen LogP) is 5.50. The van der Waals surface area contributed by atoms with E-state index in [2.05, 4.69) is 77.8 Å². The monoisotopic (exact) mass is 348 g/mol. The molecule has 4 aromatic rings. The average molecular weight is 348 g/mol. The van der Waals surface area contributed by atoms with E-state index in [1.54, 1.807) is 0 Å². The number of rotatable bonds is 3. The van der Waals surface area contributed by atoms with Crippen LogP contribution in [0.2, 0.25) is 0 Å². The van der Waals surface area contributed by atoms with Gasteiger partial charge in [-0.1, -0.05) is 66.7 Å². The molecule has 0 spiro atoms. The zero-order chi connectivity index (χ0) is 18.1. The lowest BCUT2D eigenvalue weighted by Gasteiger charge is -2.21. The molecule has 0 N–H and O–H groups in total. The van der Waals surface area contributed by atoms with E-state index in [1.165, 1.54) is 27.8 Å². The van der Waals surface area contributed by atoms with Crippen molar-refractivity contribution in [3.05, 3.63) is 107 Å². The number of fused-ring (bicyclic) bond motifs is 3. The fourth-order valence-electron chi connectivity index (χ4n) is 3.90. The number of aromatic nitrogens is 2. The van der Waals surface area contributed by atoms with Crippen LogP contribution in [0.1, 0.15) is 22.4 Å². The molecule has 2 aromatic carbocycles. The standard InChI is InChI=1S/C25H20N2/c1-3-8-18(9-4-1)16-23-22(19-10-5-2-6-11-19)17-21-14-13-20-12-7-15-26-24(20)25(21)27-23/h1-12,15,17H,13-14,16H2. The Labute approximate surface area is 159 Å². The highest BCUT2D eigenvalue weighted by Crippen LogP contribution is 2.35. The van der Waals surface area contributed by atoms with E-state index in [0.29, 0.717) is 0 Å². The Bertz CT molecular complexity index is 1090. The number of aryl methyl sites for hydroxylation is 2. The minimum atomic E-state index is 0.820. The third kappa shape index (κ3) is 3.04. The van der Waals surface area contributed by atoms with Crippen molar-refractivity contribution in [3.63, 3.8) is 0 Å². The van der Waals surface area contributed by atoms with E-state index in [0.717, 1.165) is 36.3 Å². The zero-order valence-corrected chi connectivity index (χ0v) is 15.1. The van der Waals surface area contributed by atoms with Crippen molar-refractivity contribution in [3.8, 4) is 22.5 Å². The van der Waals surface area contributed by atoms with Crippen LogP contribution in [0, 0.1) is 0 Å². The zero-order valence-electron chi connectivity index (χ0n) is 15.1. The van der Waals surface area contributed by atoms with E-state index < -0.39 is 0 Å². The smallest absolute Gasteiger partial charge is 0.0924 e. The van der Waals surface area contributed by atoms with Gasteiger partial charge in [0.25, 0.3) is 0 Å². The molecule has 2 nitrogen and oxygen atoms in total. The molecule has 2 heterocycles. The summed E-state index contributed by atoms with van der Waals surface area (Å²) >= 11 is 0. The van der Waals surface area contributed by atoms with Crippen molar-refractivity contribution in [2.24, 2.45) is 0 Å². The lowest BCUT2D eigenvalue weighted by molar-refractivity contribution is 0.902.